The lowest BCUT2D eigenvalue weighted by molar-refractivity contribution is -0.385. The van der Waals surface area contributed by atoms with Gasteiger partial charge in [0.05, 0.1) is 4.92 Å². The number of carbonyl (C=O) groups is 1. The van der Waals surface area contributed by atoms with Crippen molar-refractivity contribution in [1.29, 1.82) is 0 Å². The highest BCUT2D eigenvalue weighted by Gasteiger charge is 2.14. The fourth-order valence-electron chi connectivity index (χ4n) is 2.08. The van der Waals surface area contributed by atoms with Crippen LogP contribution in [-0.4, -0.2) is 23.1 Å². The Morgan fingerprint density at radius 2 is 2.04 bits per heavy atom. The van der Waals surface area contributed by atoms with E-state index >= 15 is 0 Å². The highest BCUT2D eigenvalue weighted by atomic mass is 32.2. The molecule has 0 aliphatic rings. The fraction of sp³-hybridized carbons (Fsp3) is 0.235. The van der Waals surface area contributed by atoms with Gasteiger partial charge in [-0.3, -0.25) is 14.9 Å². The van der Waals surface area contributed by atoms with Crippen LogP contribution in [-0.2, 0) is 5.75 Å². The lowest BCUT2D eigenvalue weighted by atomic mass is 10.1. The molecule has 0 fully saturated rings. The van der Waals surface area contributed by atoms with E-state index in [-0.39, 0.29) is 23.0 Å². The molecule has 0 saturated heterocycles. The number of amides is 1. The Bertz CT molecular complexity index is 752. The van der Waals surface area contributed by atoms with E-state index in [0.29, 0.717) is 29.2 Å². The molecule has 0 saturated carbocycles. The summed E-state index contributed by atoms with van der Waals surface area (Å²) in [6.07, 6.45) is 0. The second kappa shape index (κ2) is 8.44. The molecule has 0 aliphatic carbocycles. The average Bonchev–Trinajstić information content (AvgIpc) is 2.56. The average molecular weight is 348 g/mol. The van der Waals surface area contributed by atoms with Crippen molar-refractivity contribution in [3.63, 3.8) is 0 Å². The first-order valence-corrected chi connectivity index (χ1v) is 8.49. The number of hydrogen-bond acceptors (Lipinski definition) is 4. The monoisotopic (exact) mass is 348 g/mol. The summed E-state index contributed by atoms with van der Waals surface area (Å²) in [6.45, 7) is 2.03. The SMILES string of the molecule is Cc1ccc(C(=O)NCCSCc2ccccc2F)cc1[N+](=O)[O-]. The summed E-state index contributed by atoms with van der Waals surface area (Å²) in [5.41, 5.74) is 1.32. The van der Waals surface area contributed by atoms with Gasteiger partial charge in [-0.1, -0.05) is 24.3 Å². The van der Waals surface area contributed by atoms with Gasteiger partial charge in [0.1, 0.15) is 5.82 Å². The van der Waals surface area contributed by atoms with Crippen LogP contribution in [0, 0.1) is 22.9 Å². The number of nitro groups is 1. The maximum Gasteiger partial charge on any atom is 0.273 e. The number of hydrogen-bond donors (Lipinski definition) is 1. The number of benzene rings is 2. The molecule has 0 bridgehead atoms. The Balaban J connectivity index is 1.80. The van der Waals surface area contributed by atoms with Crippen LogP contribution in [0.15, 0.2) is 42.5 Å². The van der Waals surface area contributed by atoms with E-state index in [1.807, 2.05) is 0 Å². The van der Waals surface area contributed by atoms with Crippen molar-refractivity contribution in [3.05, 3.63) is 75.1 Å². The van der Waals surface area contributed by atoms with Gasteiger partial charge in [-0.05, 0) is 24.6 Å². The van der Waals surface area contributed by atoms with Crippen LogP contribution in [0.2, 0.25) is 0 Å². The van der Waals surface area contributed by atoms with Gasteiger partial charge in [0.2, 0.25) is 0 Å². The zero-order valence-electron chi connectivity index (χ0n) is 13.1. The van der Waals surface area contributed by atoms with Crippen LogP contribution >= 0.6 is 11.8 Å². The molecular weight excluding hydrogens is 331 g/mol. The minimum Gasteiger partial charge on any atom is -0.351 e. The molecule has 2 aromatic carbocycles. The Morgan fingerprint density at radius 1 is 1.29 bits per heavy atom. The molecule has 7 heteroatoms. The molecule has 1 amide bonds. The van der Waals surface area contributed by atoms with Crippen LogP contribution in [0.1, 0.15) is 21.5 Å². The third kappa shape index (κ3) is 4.79. The lowest BCUT2D eigenvalue weighted by Gasteiger charge is -2.06. The normalized spacial score (nSPS) is 10.4. The molecular formula is C17H17FN2O3S. The molecule has 0 unspecified atom stereocenters. The summed E-state index contributed by atoms with van der Waals surface area (Å²) in [6, 6.07) is 11.0. The zero-order chi connectivity index (χ0) is 17.5. The number of halogens is 1. The topological polar surface area (TPSA) is 72.2 Å². The third-order valence-electron chi connectivity index (χ3n) is 3.42. The number of nitrogens with one attached hydrogen (secondary N) is 1. The molecule has 126 valence electrons. The van der Waals surface area contributed by atoms with Gasteiger partial charge in [-0.15, -0.1) is 0 Å². The van der Waals surface area contributed by atoms with Crippen molar-refractivity contribution >= 4 is 23.4 Å². The van der Waals surface area contributed by atoms with E-state index in [1.54, 1.807) is 37.3 Å². The molecule has 1 N–H and O–H groups in total. The molecule has 0 aliphatic heterocycles. The van der Waals surface area contributed by atoms with Crippen molar-refractivity contribution in [2.75, 3.05) is 12.3 Å². The fourth-order valence-corrected chi connectivity index (χ4v) is 2.93. The number of rotatable bonds is 7. The van der Waals surface area contributed by atoms with Gasteiger partial charge in [-0.25, -0.2) is 4.39 Å². The van der Waals surface area contributed by atoms with Gasteiger partial charge in [-0.2, -0.15) is 11.8 Å². The number of nitro benzene ring substituents is 1. The van der Waals surface area contributed by atoms with Crippen LogP contribution < -0.4 is 5.32 Å². The molecule has 0 atom stereocenters. The second-order valence-corrected chi connectivity index (χ2v) is 6.26. The summed E-state index contributed by atoms with van der Waals surface area (Å²) < 4.78 is 13.4. The predicted octanol–water partition coefficient (Wildman–Crippen LogP) is 3.71. The van der Waals surface area contributed by atoms with E-state index in [9.17, 15) is 19.3 Å². The molecule has 0 heterocycles. The first-order chi connectivity index (χ1) is 11.5. The zero-order valence-corrected chi connectivity index (χ0v) is 13.9. The molecule has 0 aromatic heterocycles. The van der Waals surface area contributed by atoms with Crippen LogP contribution in [0.3, 0.4) is 0 Å². The Kier molecular flexibility index (Phi) is 6.31. The first-order valence-electron chi connectivity index (χ1n) is 7.33. The number of aryl methyl sites for hydroxylation is 1. The summed E-state index contributed by atoms with van der Waals surface area (Å²) in [4.78, 5) is 22.4. The Morgan fingerprint density at radius 3 is 2.75 bits per heavy atom. The summed E-state index contributed by atoms with van der Waals surface area (Å²) in [7, 11) is 0. The quantitative estimate of drug-likeness (QED) is 0.470. The van der Waals surface area contributed by atoms with Gasteiger partial charge in [0.15, 0.2) is 0 Å². The van der Waals surface area contributed by atoms with E-state index in [1.165, 1.54) is 23.9 Å². The van der Waals surface area contributed by atoms with E-state index in [0.717, 1.165) is 0 Å². The molecule has 2 rings (SSSR count). The molecule has 24 heavy (non-hydrogen) atoms. The van der Waals surface area contributed by atoms with E-state index in [4.69, 9.17) is 0 Å². The summed E-state index contributed by atoms with van der Waals surface area (Å²) in [5, 5.41) is 13.6. The van der Waals surface area contributed by atoms with Gasteiger partial charge in [0.25, 0.3) is 11.6 Å². The Labute approximate surface area is 143 Å². The summed E-state index contributed by atoms with van der Waals surface area (Å²) >= 11 is 1.51. The predicted molar refractivity (Wildman–Crippen MR) is 92.7 cm³/mol. The minimum atomic E-state index is -0.504. The smallest absolute Gasteiger partial charge is 0.273 e. The van der Waals surface area contributed by atoms with Gasteiger partial charge >= 0.3 is 0 Å². The third-order valence-corrected chi connectivity index (χ3v) is 4.42. The second-order valence-electron chi connectivity index (χ2n) is 5.16. The largest absolute Gasteiger partial charge is 0.351 e. The van der Waals surface area contributed by atoms with Crippen LogP contribution in [0.5, 0.6) is 0 Å². The number of carbonyl (C=O) groups excluding carboxylic acids is 1. The van der Waals surface area contributed by atoms with Crippen molar-refractivity contribution in [2.24, 2.45) is 0 Å². The highest BCUT2D eigenvalue weighted by molar-refractivity contribution is 7.98. The van der Waals surface area contributed by atoms with Gasteiger partial charge < -0.3 is 5.32 Å². The standard InChI is InChI=1S/C17H17FN2O3S/c1-12-6-7-13(10-16(12)20(22)23)17(21)19-8-9-24-11-14-4-2-3-5-15(14)18/h2-7,10H,8-9,11H2,1H3,(H,19,21). The maximum atomic E-state index is 13.4. The molecule has 0 radical (unpaired) electrons. The minimum absolute atomic E-state index is 0.0726. The van der Waals surface area contributed by atoms with Gasteiger partial charge in [0, 0.05) is 35.2 Å². The number of nitrogens with zero attached hydrogens (tertiary/aromatic N) is 1. The first kappa shape index (κ1) is 17.9. The van der Waals surface area contributed by atoms with Crippen molar-refractivity contribution < 1.29 is 14.1 Å². The molecule has 2 aromatic rings. The highest BCUT2D eigenvalue weighted by Crippen LogP contribution is 2.19. The lowest BCUT2D eigenvalue weighted by Crippen LogP contribution is -2.25. The van der Waals surface area contributed by atoms with Crippen molar-refractivity contribution in [2.45, 2.75) is 12.7 Å². The van der Waals surface area contributed by atoms with E-state index in [2.05, 4.69) is 5.32 Å². The maximum absolute atomic E-state index is 13.4. The summed E-state index contributed by atoms with van der Waals surface area (Å²) in [5.74, 6) is 0.553. The van der Waals surface area contributed by atoms with Crippen molar-refractivity contribution in [1.82, 2.24) is 5.32 Å². The van der Waals surface area contributed by atoms with Crippen molar-refractivity contribution in [3.8, 4) is 0 Å². The van der Waals surface area contributed by atoms with E-state index < -0.39 is 4.92 Å². The molecule has 5 nitrogen and oxygen atoms in total. The number of thioether (sulfide) groups is 1. The molecule has 0 spiro atoms. The Hall–Kier alpha value is -2.41. The van der Waals surface area contributed by atoms with Crippen LogP contribution in [0.25, 0.3) is 0 Å². The van der Waals surface area contributed by atoms with Crippen LogP contribution in [0.4, 0.5) is 10.1 Å².